The van der Waals surface area contributed by atoms with Gasteiger partial charge in [-0.1, -0.05) is 46.2 Å². The Balaban J connectivity index is 2.44. The molecule has 1 aromatic heterocycles. The van der Waals surface area contributed by atoms with Crippen molar-refractivity contribution in [3.8, 4) is 0 Å². The van der Waals surface area contributed by atoms with Crippen LogP contribution in [0.4, 0.5) is 0 Å². The standard InChI is InChI=1S/C20H27N3O4/c1-5-13(4)17(18(24)22-16(20(26)27)10-12(2)3)23-11-21-15-9-7-6-8-14(15)19(23)25/h6-9,11-13,16-17H,5,10H2,1-4H3,(H,22,24)(H,26,27)/t13-,16-,17-/m0/s1. The Morgan fingerprint density at radius 3 is 2.48 bits per heavy atom. The molecule has 1 amide bonds. The van der Waals surface area contributed by atoms with Crippen molar-refractivity contribution >= 4 is 22.8 Å². The van der Waals surface area contributed by atoms with E-state index in [0.29, 0.717) is 23.7 Å². The predicted octanol–water partition coefficient (Wildman–Crippen LogP) is 2.60. The van der Waals surface area contributed by atoms with Crippen LogP contribution < -0.4 is 10.9 Å². The molecule has 3 atom stereocenters. The highest BCUT2D eigenvalue weighted by Crippen LogP contribution is 2.21. The first-order valence-corrected chi connectivity index (χ1v) is 9.25. The zero-order valence-corrected chi connectivity index (χ0v) is 16.2. The molecule has 0 unspecified atom stereocenters. The number of rotatable bonds is 8. The Labute approximate surface area is 158 Å². The number of hydrogen-bond acceptors (Lipinski definition) is 4. The second-order valence-corrected chi connectivity index (χ2v) is 7.33. The van der Waals surface area contributed by atoms with Gasteiger partial charge in [0.15, 0.2) is 0 Å². The topological polar surface area (TPSA) is 101 Å². The van der Waals surface area contributed by atoms with Crippen LogP contribution in [-0.2, 0) is 9.59 Å². The van der Waals surface area contributed by atoms with Gasteiger partial charge in [0.1, 0.15) is 12.1 Å². The summed E-state index contributed by atoms with van der Waals surface area (Å²) < 4.78 is 1.32. The maximum Gasteiger partial charge on any atom is 0.326 e. The summed E-state index contributed by atoms with van der Waals surface area (Å²) in [5, 5.41) is 12.5. The molecule has 0 aliphatic carbocycles. The van der Waals surface area contributed by atoms with E-state index >= 15 is 0 Å². The van der Waals surface area contributed by atoms with Gasteiger partial charge in [-0.25, -0.2) is 9.78 Å². The van der Waals surface area contributed by atoms with Crippen LogP contribution in [0.1, 0.15) is 46.6 Å². The lowest BCUT2D eigenvalue weighted by Gasteiger charge is -2.26. The van der Waals surface area contributed by atoms with Crippen LogP contribution in [-0.4, -0.2) is 32.6 Å². The Bertz CT molecular complexity index is 875. The van der Waals surface area contributed by atoms with Gasteiger partial charge in [-0.05, 0) is 30.4 Å². The third kappa shape index (κ3) is 4.72. The summed E-state index contributed by atoms with van der Waals surface area (Å²) in [4.78, 5) is 41.7. The summed E-state index contributed by atoms with van der Waals surface area (Å²) in [6.45, 7) is 7.58. The number of carbonyl (C=O) groups excluding carboxylic acids is 1. The molecule has 0 bridgehead atoms. The van der Waals surface area contributed by atoms with Gasteiger partial charge in [0.2, 0.25) is 5.91 Å². The molecule has 146 valence electrons. The minimum Gasteiger partial charge on any atom is -0.480 e. The number of fused-ring (bicyclic) bond motifs is 1. The fourth-order valence-corrected chi connectivity index (χ4v) is 3.11. The summed E-state index contributed by atoms with van der Waals surface area (Å²) in [5.41, 5.74) is 0.252. The van der Waals surface area contributed by atoms with E-state index < -0.39 is 24.0 Å². The number of carboxylic acid groups (broad SMARTS) is 1. The molecule has 0 aliphatic rings. The quantitative estimate of drug-likeness (QED) is 0.741. The molecule has 0 fully saturated rings. The lowest BCUT2D eigenvalue weighted by Crippen LogP contribution is -2.47. The molecule has 0 saturated carbocycles. The molecule has 7 heteroatoms. The molecule has 0 spiro atoms. The number of hydrogen-bond donors (Lipinski definition) is 2. The lowest BCUT2D eigenvalue weighted by molar-refractivity contribution is -0.143. The van der Waals surface area contributed by atoms with Crippen molar-refractivity contribution < 1.29 is 14.7 Å². The Morgan fingerprint density at radius 1 is 1.22 bits per heavy atom. The number of carboxylic acids is 1. The van der Waals surface area contributed by atoms with Gasteiger partial charge in [-0.15, -0.1) is 0 Å². The van der Waals surface area contributed by atoms with Crippen molar-refractivity contribution in [1.82, 2.24) is 14.9 Å². The minimum atomic E-state index is -1.08. The monoisotopic (exact) mass is 373 g/mol. The van der Waals surface area contributed by atoms with Crippen molar-refractivity contribution in [1.29, 1.82) is 0 Å². The van der Waals surface area contributed by atoms with Gasteiger partial charge in [0, 0.05) is 0 Å². The molecule has 0 saturated heterocycles. The molecule has 27 heavy (non-hydrogen) atoms. The second-order valence-electron chi connectivity index (χ2n) is 7.33. The van der Waals surface area contributed by atoms with Gasteiger partial charge in [0.05, 0.1) is 17.2 Å². The number of carbonyl (C=O) groups is 2. The number of benzene rings is 1. The van der Waals surface area contributed by atoms with Crippen LogP contribution in [0.5, 0.6) is 0 Å². The molecule has 1 aromatic carbocycles. The van der Waals surface area contributed by atoms with Gasteiger partial charge in [0.25, 0.3) is 5.56 Å². The van der Waals surface area contributed by atoms with E-state index in [9.17, 15) is 19.5 Å². The average Bonchev–Trinajstić information content (AvgIpc) is 2.62. The summed E-state index contributed by atoms with van der Waals surface area (Å²) in [5.74, 6) is -1.61. The van der Waals surface area contributed by atoms with E-state index in [4.69, 9.17) is 0 Å². The number of aliphatic carboxylic acids is 1. The van der Waals surface area contributed by atoms with Gasteiger partial charge in [-0.2, -0.15) is 0 Å². The average molecular weight is 373 g/mol. The molecule has 0 aliphatic heterocycles. The third-order valence-electron chi connectivity index (χ3n) is 4.76. The van der Waals surface area contributed by atoms with E-state index in [-0.39, 0.29) is 17.4 Å². The molecule has 0 radical (unpaired) electrons. The molecule has 2 rings (SSSR count). The van der Waals surface area contributed by atoms with E-state index in [1.165, 1.54) is 10.9 Å². The largest absolute Gasteiger partial charge is 0.480 e. The third-order valence-corrected chi connectivity index (χ3v) is 4.76. The highest BCUT2D eigenvalue weighted by molar-refractivity contribution is 5.86. The molecular weight excluding hydrogens is 346 g/mol. The first kappa shape index (κ1) is 20.6. The maximum atomic E-state index is 13.0. The zero-order chi connectivity index (χ0) is 20.1. The first-order chi connectivity index (χ1) is 12.8. The van der Waals surface area contributed by atoms with Gasteiger partial charge in [-0.3, -0.25) is 14.2 Å². The van der Waals surface area contributed by atoms with E-state index in [0.717, 1.165) is 0 Å². The van der Waals surface area contributed by atoms with E-state index in [1.54, 1.807) is 24.3 Å². The number of nitrogens with zero attached hydrogens (tertiary/aromatic N) is 2. The fraction of sp³-hybridized carbons (Fsp3) is 0.500. The lowest BCUT2D eigenvalue weighted by atomic mass is 9.96. The Morgan fingerprint density at radius 2 is 1.89 bits per heavy atom. The van der Waals surface area contributed by atoms with Crippen LogP contribution in [0.2, 0.25) is 0 Å². The summed E-state index contributed by atoms with van der Waals surface area (Å²) >= 11 is 0. The summed E-state index contributed by atoms with van der Waals surface area (Å²) in [7, 11) is 0. The molecule has 2 N–H and O–H groups in total. The van der Waals surface area contributed by atoms with Crippen molar-refractivity contribution in [3.63, 3.8) is 0 Å². The van der Waals surface area contributed by atoms with Crippen LogP contribution in [0, 0.1) is 11.8 Å². The zero-order valence-electron chi connectivity index (χ0n) is 16.2. The molecule has 2 aromatic rings. The van der Waals surface area contributed by atoms with E-state index in [2.05, 4.69) is 10.3 Å². The van der Waals surface area contributed by atoms with Crippen LogP contribution in [0.3, 0.4) is 0 Å². The number of aromatic nitrogens is 2. The molecule has 7 nitrogen and oxygen atoms in total. The summed E-state index contributed by atoms with van der Waals surface area (Å²) in [6.07, 6.45) is 2.34. The summed E-state index contributed by atoms with van der Waals surface area (Å²) in [6, 6.07) is 5.13. The Kier molecular flexibility index (Phi) is 6.71. The Hall–Kier alpha value is -2.70. The van der Waals surface area contributed by atoms with E-state index in [1.807, 2.05) is 27.7 Å². The van der Waals surface area contributed by atoms with Crippen molar-refractivity contribution in [2.24, 2.45) is 11.8 Å². The number of amides is 1. The molecule has 1 heterocycles. The minimum absolute atomic E-state index is 0.110. The number of para-hydroxylation sites is 1. The highest BCUT2D eigenvalue weighted by Gasteiger charge is 2.31. The van der Waals surface area contributed by atoms with Crippen LogP contribution in [0.15, 0.2) is 35.4 Å². The maximum absolute atomic E-state index is 13.0. The molecular formula is C20H27N3O4. The normalized spacial score (nSPS) is 14.7. The highest BCUT2D eigenvalue weighted by atomic mass is 16.4. The SMILES string of the molecule is CC[C@H](C)[C@@H](C(=O)N[C@@H](CC(C)C)C(=O)O)n1cnc2ccccc2c1=O. The van der Waals surface area contributed by atoms with Crippen molar-refractivity contribution in [2.45, 2.75) is 52.6 Å². The van der Waals surface area contributed by atoms with Gasteiger partial charge < -0.3 is 10.4 Å². The van der Waals surface area contributed by atoms with Crippen LogP contribution >= 0.6 is 0 Å². The number of nitrogens with one attached hydrogen (secondary N) is 1. The second kappa shape index (κ2) is 8.79. The van der Waals surface area contributed by atoms with Crippen molar-refractivity contribution in [2.75, 3.05) is 0 Å². The smallest absolute Gasteiger partial charge is 0.326 e. The fourth-order valence-electron chi connectivity index (χ4n) is 3.11. The van der Waals surface area contributed by atoms with Gasteiger partial charge >= 0.3 is 5.97 Å². The van der Waals surface area contributed by atoms with Crippen molar-refractivity contribution in [3.05, 3.63) is 40.9 Å². The predicted molar refractivity (Wildman–Crippen MR) is 104 cm³/mol. The first-order valence-electron chi connectivity index (χ1n) is 9.25. The van der Waals surface area contributed by atoms with Crippen LogP contribution in [0.25, 0.3) is 10.9 Å².